The molecular formula is C30H32F4N4O5. The van der Waals surface area contributed by atoms with Crippen LogP contribution in [-0.2, 0) is 4.79 Å². The number of hydrogen-bond acceptors (Lipinski definition) is 6. The Hall–Kier alpha value is -4.16. The first-order valence-corrected chi connectivity index (χ1v) is 13.9. The molecule has 1 saturated carbocycles. The third-order valence-electron chi connectivity index (χ3n) is 8.01. The lowest BCUT2D eigenvalue weighted by molar-refractivity contribution is -0.274. The van der Waals surface area contributed by atoms with Crippen molar-refractivity contribution in [2.24, 2.45) is 5.41 Å². The van der Waals surface area contributed by atoms with Crippen LogP contribution in [0.1, 0.15) is 63.3 Å². The van der Waals surface area contributed by atoms with Gasteiger partial charge in [-0.2, -0.15) is 4.98 Å². The fourth-order valence-electron chi connectivity index (χ4n) is 5.59. The highest BCUT2D eigenvalue weighted by atomic mass is 19.4. The van der Waals surface area contributed by atoms with E-state index in [0.717, 1.165) is 0 Å². The number of carboxylic acid groups (broad SMARTS) is 1. The van der Waals surface area contributed by atoms with Gasteiger partial charge in [-0.3, -0.25) is 4.79 Å². The van der Waals surface area contributed by atoms with Crippen molar-refractivity contribution in [2.45, 2.75) is 63.8 Å². The molecule has 1 aliphatic heterocycles. The van der Waals surface area contributed by atoms with Gasteiger partial charge >= 0.3 is 12.5 Å². The number of rotatable bonds is 7. The normalized spacial score (nSPS) is 20.0. The number of halogens is 4. The lowest BCUT2D eigenvalue weighted by Gasteiger charge is -2.41. The van der Waals surface area contributed by atoms with E-state index < -0.39 is 35.1 Å². The van der Waals surface area contributed by atoms with Gasteiger partial charge in [0.25, 0.3) is 0 Å². The van der Waals surface area contributed by atoms with E-state index in [1.165, 1.54) is 47.4 Å². The summed E-state index contributed by atoms with van der Waals surface area (Å²) in [7, 11) is 0. The van der Waals surface area contributed by atoms with Crippen LogP contribution in [0.25, 0.3) is 11.4 Å². The van der Waals surface area contributed by atoms with Crippen molar-refractivity contribution in [3.8, 4) is 17.1 Å². The Kier molecular flexibility index (Phi) is 7.86. The van der Waals surface area contributed by atoms with Crippen molar-refractivity contribution in [1.29, 1.82) is 0 Å². The lowest BCUT2D eigenvalue weighted by atomic mass is 9.83. The first kappa shape index (κ1) is 30.3. The number of carbonyl (C=O) groups is 2. The molecule has 2 heterocycles. The molecule has 0 bridgehead atoms. The summed E-state index contributed by atoms with van der Waals surface area (Å²) < 4.78 is 61.5. The van der Waals surface area contributed by atoms with Crippen LogP contribution in [-0.4, -0.2) is 68.6 Å². The maximum Gasteiger partial charge on any atom is 0.573 e. The molecule has 1 aromatic heterocycles. The molecule has 13 heteroatoms. The fourth-order valence-corrected chi connectivity index (χ4v) is 5.59. The van der Waals surface area contributed by atoms with E-state index in [0.29, 0.717) is 30.4 Å². The largest absolute Gasteiger partial charge is 0.573 e. The molecule has 43 heavy (non-hydrogen) atoms. The number of hydrogen-bond donors (Lipinski definition) is 1. The van der Waals surface area contributed by atoms with Gasteiger partial charge in [0, 0.05) is 36.7 Å². The summed E-state index contributed by atoms with van der Waals surface area (Å²) in [6, 6.07) is 11.2. The molecule has 0 spiro atoms. The molecule has 3 aromatic rings. The maximum absolute atomic E-state index is 14.0. The molecule has 2 aliphatic rings. The second-order valence-corrected chi connectivity index (χ2v) is 12.2. The van der Waals surface area contributed by atoms with Gasteiger partial charge in [-0.25, -0.2) is 9.18 Å². The summed E-state index contributed by atoms with van der Waals surface area (Å²) in [5, 5.41) is 13.9. The average Bonchev–Trinajstić information content (AvgIpc) is 3.55. The third kappa shape index (κ3) is 6.91. The van der Waals surface area contributed by atoms with Crippen LogP contribution in [0.5, 0.6) is 5.75 Å². The number of amides is 2. The lowest BCUT2D eigenvalue weighted by Crippen LogP contribution is -2.53. The van der Waals surface area contributed by atoms with Gasteiger partial charge in [0.05, 0.1) is 11.3 Å². The van der Waals surface area contributed by atoms with Crippen molar-refractivity contribution in [1.82, 2.24) is 19.9 Å². The van der Waals surface area contributed by atoms with E-state index in [-0.39, 0.29) is 48.9 Å². The molecule has 0 radical (unpaired) electrons. The van der Waals surface area contributed by atoms with Crippen molar-refractivity contribution in [3.63, 3.8) is 0 Å². The molecule has 2 amide bonds. The summed E-state index contributed by atoms with van der Waals surface area (Å²) in [5.74, 6) is -1.33. The topological polar surface area (TPSA) is 109 Å². The smallest absolute Gasteiger partial charge is 0.465 e. The summed E-state index contributed by atoms with van der Waals surface area (Å²) in [5.41, 5.74) is -0.479. The van der Waals surface area contributed by atoms with Gasteiger partial charge in [-0.05, 0) is 69.9 Å². The van der Waals surface area contributed by atoms with Crippen LogP contribution >= 0.6 is 0 Å². The molecule has 2 fully saturated rings. The number of piperidine rings is 1. The van der Waals surface area contributed by atoms with Gasteiger partial charge in [-0.15, -0.1) is 13.2 Å². The number of ether oxygens (including phenoxy) is 1. The number of aromatic nitrogens is 2. The number of nitrogens with zero attached hydrogens (tertiary/aromatic N) is 4. The summed E-state index contributed by atoms with van der Waals surface area (Å²) >= 11 is 0. The molecule has 9 nitrogen and oxygen atoms in total. The molecule has 2 atom stereocenters. The zero-order valence-electron chi connectivity index (χ0n) is 23.9. The van der Waals surface area contributed by atoms with Crippen LogP contribution in [0.4, 0.5) is 22.4 Å². The highest BCUT2D eigenvalue weighted by Crippen LogP contribution is 2.50. The van der Waals surface area contributed by atoms with E-state index in [1.54, 1.807) is 31.7 Å². The quantitative estimate of drug-likeness (QED) is 0.310. The van der Waals surface area contributed by atoms with Crippen molar-refractivity contribution in [3.05, 3.63) is 65.8 Å². The minimum Gasteiger partial charge on any atom is -0.465 e. The number of carbonyl (C=O) groups excluding carboxylic acids is 1. The van der Waals surface area contributed by atoms with Crippen molar-refractivity contribution in [2.75, 3.05) is 19.6 Å². The van der Waals surface area contributed by atoms with E-state index in [4.69, 9.17) is 4.52 Å². The number of likely N-dealkylation sites (tertiary alicyclic amines) is 1. The number of benzene rings is 2. The Bertz CT molecular complexity index is 1480. The second-order valence-electron chi connectivity index (χ2n) is 12.2. The van der Waals surface area contributed by atoms with Crippen LogP contribution in [0, 0.1) is 11.2 Å². The van der Waals surface area contributed by atoms with E-state index in [2.05, 4.69) is 14.9 Å². The Labute approximate surface area is 245 Å². The molecule has 1 N–H and O–H groups in total. The van der Waals surface area contributed by atoms with Gasteiger partial charge in [-0.1, -0.05) is 29.4 Å². The highest BCUT2D eigenvalue weighted by Gasteiger charge is 2.55. The van der Waals surface area contributed by atoms with Gasteiger partial charge in [0.1, 0.15) is 11.6 Å². The molecular weight excluding hydrogens is 572 g/mol. The SMILES string of the molecule is CC(C)(C)N(CC1(C(=O)N2CC(c3ccc(OC(F)(F)F)cc3)CC(c3nc(-c4cccc(F)c4)no3)C2)CC1)C(=O)O. The standard InChI is InChI=1S/C30H32F4N4O5/c1-28(2,3)38(27(40)41)17-29(11-12-29)26(39)37-15-20(18-7-9-23(10-8-18)42-30(32,33)34)13-21(16-37)25-35-24(36-43-25)19-5-4-6-22(31)14-19/h4-10,14,20-21H,11-13,15-17H2,1-3H3,(H,40,41). The highest BCUT2D eigenvalue weighted by molar-refractivity contribution is 5.86. The maximum atomic E-state index is 14.0. The monoisotopic (exact) mass is 604 g/mol. The third-order valence-corrected chi connectivity index (χ3v) is 8.01. The fraction of sp³-hybridized carbons (Fsp3) is 0.467. The van der Waals surface area contributed by atoms with Crippen LogP contribution in [0.2, 0.25) is 0 Å². The van der Waals surface area contributed by atoms with E-state index in [1.807, 2.05) is 0 Å². The summed E-state index contributed by atoms with van der Waals surface area (Å²) in [6.07, 6.45) is -4.42. The Morgan fingerprint density at radius 1 is 1.09 bits per heavy atom. The Balaban J connectivity index is 1.43. The molecule has 5 rings (SSSR count). The minimum atomic E-state index is -4.83. The van der Waals surface area contributed by atoms with Crippen molar-refractivity contribution >= 4 is 12.0 Å². The van der Waals surface area contributed by atoms with Gasteiger partial charge < -0.3 is 24.2 Å². The minimum absolute atomic E-state index is 0.0459. The summed E-state index contributed by atoms with van der Waals surface area (Å²) in [6.45, 7) is 5.85. The van der Waals surface area contributed by atoms with Gasteiger partial charge in [0.2, 0.25) is 17.6 Å². The molecule has 2 aromatic carbocycles. The Morgan fingerprint density at radius 2 is 1.77 bits per heavy atom. The Morgan fingerprint density at radius 3 is 2.35 bits per heavy atom. The predicted octanol–water partition coefficient (Wildman–Crippen LogP) is 6.43. The van der Waals surface area contributed by atoms with Crippen LogP contribution < -0.4 is 4.74 Å². The predicted molar refractivity (Wildman–Crippen MR) is 146 cm³/mol. The molecule has 230 valence electrons. The molecule has 1 aliphatic carbocycles. The average molecular weight is 605 g/mol. The van der Waals surface area contributed by atoms with Crippen LogP contribution in [0.15, 0.2) is 53.1 Å². The summed E-state index contributed by atoms with van der Waals surface area (Å²) in [4.78, 5) is 33.5. The van der Waals surface area contributed by atoms with Crippen molar-refractivity contribution < 1.29 is 41.5 Å². The van der Waals surface area contributed by atoms with E-state index in [9.17, 15) is 32.3 Å². The zero-order valence-corrected chi connectivity index (χ0v) is 23.9. The zero-order chi connectivity index (χ0) is 31.2. The van der Waals surface area contributed by atoms with Gasteiger partial charge in [0.15, 0.2) is 0 Å². The first-order chi connectivity index (χ1) is 20.1. The second kappa shape index (κ2) is 11.2. The van der Waals surface area contributed by atoms with Crippen LogP contribution in [0.3, 0.4) is 0 Å². The molecule has 1 saturated heterocycles. The van der Waals surface area contributed by atoms with E-state index >= 15 is 0 Å². The first-order valence-electron chi connectivity index (χ1n) is 13.9. The molecule has 2 unspecified atom stereocenters. The number of alkyl halides is 3.